The average Bonchev–Trinajstić information content (AvgIpc) is 2.64. The van der Waals surface area contributed by atoms with Crippen LogP contribution in [0.1, 0.15) is 18.1 Å². The number of benzene rings is 2. The van der Waals surface area contributed by atoms with Crippen LogP contribution in [-0.2, 0) is 17.5 Å². The Morgan fingerprint density at radius 3 is 2.52 bits per heavy atom. The van der Waals surface area contributed by atoms with E-state index in [-0.39, 0.29) is 12.3 Å². The summed E-state index contributed by atoms with van der Waals surface area (Å²) >= 11 is 0. The summed E-state index contributed by atoms with van der Waals surface area (Å²) in [6.45, 7) is 2.14. The van der Waals surface area contributed by atoms with Crippen LogP contribution in [0.2, 0.25) is 0 Å². The second-order valence-corrected chi connectivity index (χ2v) is 5.51. The zero-order chi connectivity index (χ0) is 19.9. The predicted molar refractivity (Wildman–Crippen MR) is 92.9 cm³/mol. The molecule has 0 bridgehead atoms. The van der Waals surface area contributed by atoms with Gasteiger partial charge in [-0.05, 0) is 42.8 Å². The molecule has 0 aliphatic heterocycles. The number of hydrogen-bond acceptors (Lipinski definition) is 4. The van der Waals surface area contributed by atoms with Gasteiger partial charge in [0.2, 0.25) is 0 Å². The molecule has 2 rings (SSSR count). The fourth-order valence-corrected chi connectivity index (χ4v) is 2.26. The smallest absolute Gasteiger partial charge is 0.416 e. The van der Waals surface area contributed by atoms with Crippen molar-refractivity contribution < 1.29 is 32.2 Å². The van der Waals surface area contributed by atoms with Crippen LogP contribution in [0, 0.1) is 0 Å². The number of halogens is 3. The number of nitrogens with one attached hydrogen (secondary N) is 1. The molecule has 0 unspecified atom stereocenters. The molecule has 0 fully saturated rings. The van der Waals surface area contributed by atoms with Crippen molar-refractivity contribution in [2.45, 2.75) is 19.6 Å². The molecular formula is C19H20F3NO4. The van der Waals surface area contributed by atoms with Gasteiger partial charge in [0.1, 0.15) is 5.75 Å². The second kappa shape index (κ2) is 9.16. The van der Waals surface area contributed by atoms with Crippen LogP contribution in [-0.4, -0.2) is 26.2 Å². The molecule has 0 radical (unpaired) electrons. The first-order chi connectivity index (χ1) is 12.8. The van der Waals surface area contributed by atoms with E-state index in [9.17, 15) is 18.0 Å². The van der Waals surface area contributed by atoms with Crippen molar-refractivity contribution in [3.63, 3.8) is 0 Å². The van der Waals surface area contributed by atoms with E-state index in [4.69, 9.17) is 14.2 Å². The molecule has 0 aliphatic rings. The first kappa shape index (κ1) is 20.4. The quantitative estimate of drug-likeness (QED) is 0.753. The molecular weight excluding hydrogens is 363 g/mol. The Labute approximate surface area is 155 Å². The third-order valence-corrected chi connectivity index (χ3v) is 3.55. The highest BCUT2D eigenvalue weighted by atomic mass is 19.4. The topological polar surface area (TPSA) is 56.8 Å². The maximum absolute atomic E-state index is 12.7. The molecule has 2 aromatic carbocycles. The Bertz CT molecular complexity index is 778. The van der Waals surface area contributed by atoms with Crippen molar-refractivity contribution in [3.8, 4) is 17.2 Å². The molecule has 0 saturated carbocycles. The Balaban J connectivity index is 1.89. The molecule has 2 aromatic rings. The van der Waals surface area contributed by atoms with Crippen molar-refractivity contribution in [1.82, 2.24) is 5.32 Å². The highest BCUT2D eigenvalue weighted by Gasteiger charge is 2.30. The minimum Gasteiger partial charge on any atom is -0.493 e. The summed E-state index contributed by atoms with van der Waals surface area (Å²) in [7, 11) is 1.53. The molecule has 1 amide bonds. The summed E-state index contributed by atoms with van der Waals surface area (Å²) < 4.78 is 53.8. The normalized spacial score (nSPS) is 11.0. The second-order valence-electron chi connectivity index (χ2n) is 5.51. The third kappa shape index (κ3) is 6.09. The fraction of sp³-hybridized carbons (Fsp3) is 0.316. The van der Waals surface area contributed by atoms with Crippen molar-refractivity contribution in [3.05, 3.63) is 53.6 Å². The lowest BCUT2D eigenvalue weighted by Gasteiger charge is -2.12. The van der Waals surface area contributed by atoms with Gasteiger partial charge < -0.3 is 19.5 Å². The SMILES string of the molecule is CCOc1cc(CNC(=O)COc2cccc(C(F)(F)F)c2)ccc1OC. The molecule has 0 saturated heterocycles. The van der Waals surface area contributed by atoms with E-state index in [1.165, 1.54) is 19.2 Å². The van der Waals surface area contributed by atoms with Gasteiger partial charge in [0.05, 0.1) is 19.3 Å². The molecule has 1 N–H and O–H groups in total. The highest BCUT2D eigenvalue weighted by Crippen LogP contribution is 2.31. The minimum absolute atomic E-state index is 0.0249. The molecule has 8 heteroatoms. The van der Waals surface area contributed by atoms with Crippen LogP contribution in [0.3, 0.4) is 0 Å². The lowest BCUT2D eigenvalue weighted by molar-refractivity contribution is -0.137. The number of alkyl halides is 3. The fourth-order valence-electron chi connectivity index (χ4n) is 2.26. The highest BCUT2D eigenvalue weighted by molar-refractivity contribution is 5.77. The first-order valence-electron chi connectivity index (χ1n) is 8.20. The maximum Gasteiger partial charge on any atom is 0.416 e. The van der Waals surface area contributed by atoms with Crippen molar-refractivity contribution in [2.24, 2.45) is 0 Å². The van der Waals surface area contributed by atoms with Gasteiger partial charge in [0.15, 0.2) is 18.1 Å². The lowest BCUT2D eigenvalue weighted by Crippen LogP contribution is -2.28. The number of ether oxygens (including phenoxy) is 3. The minimum atomic E-state index is -4.46. The molecule has 146 valence electrons. The summed E-state index contributed by atoms with van der Waals surface area (Å²) in [5.74, 6) is 0.663. The largest absolute Gasteiger partial charge is 0.493 e. The zero-order valence-electron chi connectivity index (χ0n) is 14.9. The molecule has 27 heavy (non-hydrogen) atoms. The van der Waals surface area contributed by atoms with E-state index in [0.717, 1.165) is 17.7 Å². The summed E-state index contributed by atoms with van der Waals surface area (Å²) in [6.07, 6.45) is -4.46. The van der Waals surface area contributed by atoms with E-state index >= 15 is 0 Å². The van der Waals surface area contributed by atoms with Gasteiger partial charge >= 0.3 is 6.18 Å². The Morgan fingerprint density at radius 1 is 1.07 bits per heavy atom. The van der Waals surface area contributed by atoms with Crippen LogP contribution in [0.15, 0.2) is 42.5 Å². The van der Waals surface area contributed by atoms with E-state index in [2.05, 4.69) is 5.32 Å². The Morgan fingerprint density at radius 2 is 1.85 bits per heavy atom. The standard InChI is InChI=1S/C19H20F3NO4/c1-3-26-17-9-13(7-8-16(17)25-2)11-23-18(24)12-27-15-6-4-5-14(10-15)19(20,21)22/h4-10H,3,11-12H2,1-2H3,(H,23,24). The van der Waals surface area contributed by atoms with Gasteiger partial charge in [-0.2, -0.15) is 13.2 Å². The summed E-state index contributed by atoms with van der Waals surface area (Å²) in [5, 5.41) is 2.64. The van der Waals surface area contributed by atoms with Gasteiger partial charge in [-0.1, -0.05) is 12.1 Å². The number of hydrogen-bond donors (Lipinski definition) is 1. The Kier molecular flexibility index (Phi) is 6.92. The maximum atomic E-state index is 12.7. The monoisotopic (exact) mass is 383 g/mol. The molecule has 0 heterocycles. The average molecular weight is 383 g/mol. The van der Waals surface area contributed by atoms with E-state index < -0.39 is 24.3 Å². The van der Waals surface area contributed by atoms with Gasteiger partial charge in [0, 0.05) is 6.54 Å². The first-order valence-corrected chi connectivity index (χ1v) is 8.20. The summed E-state index contributed by atoms with van der Waals surface area (Å²) in [6, 6.07) is 9.62. The number of methoxy groups -OCH3 is 1. The van der Waals surface area contributed by atoms with Gasteiger partial charge in [-0.15, -0.1) is 0 Å². The summed E-state index contributed by atoms with van der Waals surface area (Å²) in [4.78, 5) is 11.9. The van der Waals surface area contributed by atoms with Gasteiger partial charge in [-0.3, -0.25) is 4.79 Å². The Hall–Kier alpha value is -2.90. The van der Waals surface area contributed by atoms with Crippen LogP contribution >= 0.6 is 0 Å². The van der Waals surface area contributed by atoms with Crippen molar-refractivity contribution in [2.75, 3.05) is 20.3 Å². The predicted octanol–water partition coefficient (Wildman–Crippen LogP) is 3.81. The van der Waals surface area contributed by atoms with Crippen LogP contribution < -0.4 is 19.5 Å². The van der Waals surface area contributed by atoms with Gasteiger partial charge in [0.25, 0.3) is 5.91 Å². The molecule has 0 atom stereocenters. The lowest BCUT2D eigenvalue weighted by atomic mass is 10.2. The molecule has 5 nitrogen and oxygen atoms in total. The van der Waals surface area contributed by atoms with E-state index in [0.29, 0.717) is 18.1 Å². The van der Waals surface area contributed by atoms with Gasteiger partial charge in [-0.25, -0.2) is 0 Å². The summed E-state index contributed by atoms with van der Waals surface area (Å²) in [5.41, 5.74) is -0.0474. The number of rotatable bonds is 8. The van der Waals surface area contributed by atoms with Crippen LogP contribution in [0.4, 0.5) is 13.2 Å². The van der Waals surface area contributed by atoms with Crippen molar-refractivity contribution >= 4 is 5.91 Å². The zero-order valence-corrected chi connectivity index (χ0v) is 14.9. The number of carbonyl (C=O) groups is 1. The van der Waals surface area contributed by atoms with Crippen molar-refractivity contribution in [1.29, 1.82) is 0 Å². The number of carbonyl (C=O) groups excluding carboxylic acids is 1. The molecule has 0 aromatic heterocycles. The van der Waals surface area contributed by atoms with Crippen LogP contribution in [0.25, 0.3) is 0 Å². The molecule has 0 spiro atoms. The van der Waals surface area contributed by atoms with Crippen LogP contribution in [0.5, 0.6) is 17.2 Å². The molecule has 0 aliphatic carbocycles. The van der Waals surface area contributed by atoms with E-state index in [1.807, 2.05) is 6.92 Å². The van der Waals surface area contributed by atoms with E-state index in [1.54, 1.807) is 18.2 Å². The third-order valence-electron chi connectivity index (χ3n) is 3.55. The number of amides is 1.